The normalized spacial score (nSPS) is 11.2. The van der Waals surface area contributed by atoms with E-state index in [1.165, 1.54) is 0 Å². The number of halogens is 1. The fraction of sp³-hybridized carbons (Fsp3) is 0.294. The predicted octanol–water partition coefficient (Wildman–Crippen LogP) is 3.92. The molecule has 3 rings (SSSR count). The fourth-order valence-corrected chi connectivity index (χ4v) is 2.69. The van der Waals surface area contributed by atoms with Crippen LogP contribution < -0.4 is 5.56 Å². The van der Waals surface area contributed by atoms with Crippen LogP contribution in [0.3, 0.4) is 0 Å². The van der Waals surface area contributed by atoms with Crippen LogP contribution in [0.2, 0.25) is 5.02 Å². The maximum Gasteiger partial charge on any atom is 0.259 e. The van der Waals surface area contributed by atoms with Gasteiger partial charge in [-0.15, -0.1) is 0 Å². The number of hydrogen-bond donors (Lipinski definition) is 0. The smallest absolute Gasteiger partial charge is 0.259 e. The maximum absolute atomic E-state index is 12.2. The molecule has 0 fully saturated rings. The van der Waals surface area contributed by atoms with Gasteiger partial charge in [0.05, 0.1) is 5.69 Å². The molecule has 0 aliphatic heterocycles. The van der Waals surface area contributed by atoms with E-state index in [4.69, 9.17) is 11.6 Å². The van der Waals surface area contributed by atoms with Gasteiger partial charge in [-0.1, -0.05) is 37.1 Å². The number of aryl methyl sites for hydroxylation is 2. The van der Waals surface area contributed by atoms with Gasteiger partial charge in [-0.25, -0.2) is 4.98 Å². The molecule has 4 nitrogen and oxygen atoms in total. The van der Waals surface area contributed by atoms with E-state index in [1.807, 2.05) is 31.2 Å². The summed E-state index contributed by atoms with van der Waals surface area (Å²) < 4.78 is 3.72. The molecule has 0 aliphatic rings. The highest BCUT2D eigenvalue weighted by Crippen LogP contribution is 2.21. The van der Waals surface area contributed by atoms with Gasteiger partial charge in [0.15, 0.2) is 0 Å². The Kier molecular flexibility index (Phi) is 4.03. The monoisotopic (exact) mass is 315 g/mol. The third kappa shape index (κ3) is 2.66. The van der Waals surface area contributed by atoms with Crippen molar-refractivity contribution in [2.75, 3.05) is 0 Å². The van der Waals surface area contributed by atoms with Gasteiger partial charge in [0.1, 0.15) is 0 Å². The van der Waals surface area contributed by atoms with Gasteiger partial charge < -0.3 is 4.57 Å². The lowest BCUT2D eigenvalue weighted by atomic mass is 10.2. The van der Waals surface area contributed by atoms with Crippen molar-refractivity contribution in [2.24, 2.45) is 0 Å². The molecule has 114 valence electrons. The highest BCUT2D eigenvalue weighted by Gasteiger charge is 2.11. The van der Waals surface area contributed by atoms with Crippen molar-refractivity contribution >= 4 is 17.4 Å². The van der Waals surface area contributed by atoms with Gasteiger partial charge in [-0.3, -0.25) is 9.20 Å². The van der Waals surface area contributed by atoms with Gasteiger partial charge in [-0.05, 0) is 25.5 Å². The van der Waals surface area contributed by atoms with Gasteiger partial charge in [0.2, 0.25) is 5.78 Å². The van der Waals surface area contributed by atoms with E-state index in [1.54, 1.807) is 16.7 Å². The molecule has 0 saturated carbocycles. The molecule has 3 aromatic rings. The number of rotatable bonds is 4. The predicted molar refractivity (Wildman–Crippen MR) is 89.5 cm³/mol. The average molecular weight is 316 g/mol. The van der Waals surface area contributed by atoms with Gasteiger partial charge in [-0.2, -0.15) is 0 Å². The van der Waals surface area contributed by atoms with Crippen LogP contribution in [0.15, 0.2) is 41.3 Å². The third-order valence-electron chi connectivity index (χ3n) is 3.80. The highest BCUT2D eigenvalue weighted by atomic mass is 35.5. The molecule has 0 N–H and O–H groups in total. The van der Waals surface area contributed by atoms with Crippen LogP contribution in [-0.2, 0) is 6.54 Å². The lowest BCUT2D eigenvalue weighted by Gasteiger charge is -2.10. The Balaban J connectivity index is 2.17. The Labute approximate surface area is 134 Å². The van der Waals surface area contributed by atoms with Crippen LogP contribution in [0.25, 0.3) is 17.0 Å². The Bertz CT molecular complexity index is 862. The molecule has 5 heteroatoms. The first-order valence-electron chi connectivity index (χ1n) is 7.45. The Hall–Kier alpha value is -2.07. The lowest BCUT2D eigenvalue weighted by Crippen LogP contribution is -2.18. The number of imidazole rings is 1. The topological polar surface area (TPSA) is 39.3 Å². The molecule has 0 radical (unpaired) electrons. The largest absolute Gasteiger partial charge is 0.315 e. The maximum atomic E-state index is 12.2. The molecule has 0 aliphatic carbocycles. The van der Waals surface area contributed by atoms with Crippen molar-refractivity contribution in [3.05, 3.63) is 57.6 Å². The zero-order valence-corrected chi connectivity index (χ0v) is 13.5. The summed E-state index contributed by atoms with van der Waals surface area (Å²) >= 11 is 5.93. The van der Waals surface area contributed by atoms with E-state index in [-0.39, 0.29) is 5.56 Å². The van der Waals surface area contributed by atoms with E-state index in [0.29, 0.717) is 10.8 Å². The molecule has 0 bridgehead atoms. The summed E-state index contributed by atoms with van der Waals surface area (Å²) in [5, 5.41) is 0.686. The van der Waals surface area contributed by atoms with Gasteiger partial charge in [0, 0.05) is 35.1 Å². The van der Waals surface area contributed by atoms with Crippen LogP contribution in [0.1, 0.15) is 25.5 Å². The zero-order chi connectivity index (χ0) is 15.7. The van der Waals surface area contributed by atoms with E-state index in [0.717, 1.165) is 36.3 Å². The molecule has 0 spiro atoms. The second kappa shape index (κ2) is 5.97. The Morgan fingerprint density at radius 2 is 1.95 bits per heavy atom. The van der Waals surface area contributed by atoms with Gasteiger partial charge in [0.25, 0.3) is 5.56 Å². The minimum absolute atomic E-state index is 0.0482. The standard InChI is InChI=1S/C17H18ClN3O/c1-3-4-9-20-12(2)10-16(22)21-11-15(19-17(20)21)13-5-7-14(18)8-6-13/h5-8,10-11H,3-4,9H2,1-2H3. The summed E-state index contributed by atoms with van der Waals surface area (Å²) in [4.78, 5) is 16.9. The Morgan fingerprint density at radius 1 is 1.23 bits per heavy atom. The van der Waals surface area contributed by atoms with Crippen molar-refractivity contribution in [1.29, 1.82) is 0 Å². The van der Waals surface area contributed by atoms with Crippen molar-refractivity contribution in [1.82, 2.24) is 14.0 Å². The molecule has 0 unspecified atom stereocenters. The second-order valence-electron chi connectivity index (χ2n) is 5.43. The second-order valence-corrected chi connectivity index (χ2v) is 5.87. The first-order valence-corrected chi connectivity index (χ1v) is 7.83. The van der Waals surface area contributed by atoms with Crippen LogP contribution in [0.4, 0.5) is 0 Å². The fourth-order valence-electron chi connectivity index (χ4n) is 2.56. The van der Waals surface area contributed by atoms with Crippen molar-refractivity contribution < 1.29 is 0 Å². The summed E-state index contributed by atoms with van der Waals surface area (Å²) in [6.45, 7) is 4.97. The molecule has 0 amide bonds. The molecule has 0 saturated heterocycles. The summed E-state index contributed by atoms with van der Waals surface area (Å²) in [6, 6.07) is 9.15. The third-order valence-corrected chi connectivity index (χ3v) is 4.05. The number of aromatic nitrogens is 3. The minimum Gasteiger partial charge on any atom is -0.315 e. The highest BCUT2D eigenvalue weighted by molar-refractivity contribution is 6.30. The summed E-state index contributed by atoms with van der Waals surface area (Å²) in [5.41, 5.74) is 2.63. The van der Waals surface area contributed by atoms with E-state index >= 15 is 0 Å². The molecular weight excluding hydrogens is 298 g/mol. The van der Waals surface area contributed by atoms with Gasteiger partial charge >= 0.3 is 0 Å². The molecule has 0 atom stereocenters. The van der Waals surface area contributed by atoms with Crippen LogP contribution in [-0.4, -0.2) is 14.0 Å². The van der Waals surface area contributed by atoms with E-state index in [2.05, 4.69) is 16.5 Å². The zero-order valence-electron chi connectivity index (χ0n) is 12.7. The van der Waals surface area contributed by atoms with Crippen molar-refractivity contribution in [3.8, 4) is 11.3 Å². The summed E-state index contributed by atoms with van der Waals surface area (Å²) in [6.07, 6.45) is 3.95. The Morgan fingerprint density at radius 3 is 2.64 bits per heavy atom. The number of nitrogens with zero attached hydrogens (tertiary/aromatic N) is 3. The molecular formula is C17H18ClN3O. The number of fused-ring (bicyclic) bond motifs is 1. The van der Waals surface area contributed by atoms with Crippen molar-refractivity contribution in [3.63, 3.8) is 0 Å². The van der Waals surface area contributed by atoms with Crippen LogP contribution in [0, 0.1) is 6.92 Å². The summed E-state index contributed by atoms with van der Waals surface area (Å²) in [7, 11) is 0. The molecule has 2 aromatic heterocycles. The van der Waals surface area contributed by atoms with E-state index < -0.39 is 0 Å². The average Bonchev–Trinajstić information content (AvgIpc) is 2.93. The number of hydrogen-bond acceptors (Lipinski definition) is 2. The lowest BCUT2D eigenvalue weighted by molar-refractivity contribution is 0.616. The molecule has 22 heavy (non-hydrogen) atoms. The first kappa shape index (κ1) is 14.9. The SMILES string of the molecule is CCCCn1c(C)cc(=O)n2cc(-c3ccc(Cl)cc3)nc12. The number of benzene rings is 1. The minimum atomic E-state index is -0.0482. The molecule has 1 aromatic carbocycles. The quantitative estimate of drug-likeness (QED) is 0.732. The first-order chi connectivity index (χ1) is 10.6. The van der Waals surface area contributed by atoms with Crippen LogP contribution in [0.5, 0.6) is 0 Å². The summed E-state index contributed by atoms with van der Waals surface area (Å²) in [5.74, 6) is 0.698. The van der Waals surface area contributed by atoms with E-state index in [9.17, 15) is 4.79 Å². The number of unbranched alkanes of at least 4 members (excludes halogenated alkanes) is 1. The van der Waals surface area contributed by atoms with Crippen molar-refractivity contribution in [2.45, 2.75) is 33.2 Å². The van der Waals surface area contributed by atoms with Crippen LogP contribution >= 0.6 is 11.6 Å². The molecule has 2 heterocycles.